The van der Waals surface area contributed by atoms with Crippen molar-refractivity contribution in [2.45, 2.75) is 32.6 Å². The summed E-state index contributed by atoms with van der Waals surface area (Å²) in [5, 5.41) is 23.4. The van der Waals surface area contributed by atoms with Gasteiger partial charge in [0.1, 0.15) is 23.7 Å². The van der Waals surface area contributed by atoms with E-state index in [0.29, 0.717) is 49.0 Å². The highest BCUT2D eigenvalue weighted by Crippen LogP contribution is 2.51. The third-order valence-electron chi connectivity index (χ3n) is 6.43. The molecular formula is C25H26N4O4. The van der Waals surface area contributed by atoms with Crippen LogP contribution in [-0.2, 0) is 11.3 Å². The fourth-order valence-electron chi connectivity index (χ4n) is 4.59. The zero-order valence-corrected chi connectivity index (χ0v) is 18.5. The van der Waals surface area contributed by atoms with E-state index in [1.807, 2.05) is 34.9 Å². The molecule has 0 bridgehead atoms. The number of piperidine rings is 1. The van der Waals surface area contributed by atoms with E-state index in [1.54, 1.807) is 24.2 Å². The number of amides is 1. The first kappa shape index (κ1) is 21.4. The molecule has 8 nitrogen and oxygen atoms in total. The number of carbonyl (C=O) groups excluding carboxylic acids is 1. The van der Waals surface area contributed by atoms with E-state index in [1.165, 1.54) is 6.92 Å². The first-order valence-electron chi connectivity index (χ1n) is 11.1. The van der Waals surface area contributed by atoms with Gasteiger partial charge in [-0.05, 0) is 49.9 Å². The standard InChI is InChI=1S/C25H26N4O4/c1-15(30)24-26-9-10-28(24)12-19-11-23(33-27-19)18-6-3-17(4-7-18)5-8-20-21-13-29(14-22(20)21)25(32)16(2)31/h3-4,6-7,9-11,15-16,20-22,30-31H,12-14H2,1-2H3/t15-,16?,20?,21?,22?/m0/s1. The van der Waals surface area contributed by atoms with Crippen molar-refractivity contribution in [2.75, 3.05) is 13.1 Å². The molecule has 2 fully saturated rings. The Labute approximate surface area is 191 Å². The van der Waals surface area contributed by atoms with E-state index >= 15 is 0 Å². The average molecular weight is 447 g/mol. The van der Waals surface area contributed by atoms with Crippen molar-refractivity contribution in [3.63, 3.8) is 0 Å². The third kappa shape index (κ3) is 4.30. The zero-order valence-electron chi connectivity index (χ0n) is 18.5. The number of carbonyl (C=O) groups is 1. The summed E-state index contributed by atoms with van der Waals surface area (Å²) in [4.78, 5) is 17.8. The van der Waals surface area contributed by atoms with Gasteiger partial charge in [-0.2, -0.15) is 0 Å². The number of hydrogen-bond donors (Lipinski definition) is 2. The van der Waals surface area contributed by atoms with Crippen LogP contribution in [0.25, 0.3) is 11.3 Å². The van der Waals surface area contributed by atoms with Gasteiger partial charge in [0.15, 0.2) is 5.76 Å². The molecule has 1 aliphatic carbocycles. The maximum Gasteiger partial charge on any atom is 0.251 e. The lowest BCUT2D eigenvalue weighted by molar-refractivity contribution is -0.138. The number of hydrogen-bond acceptors (Lipinski definition) is 6. The lowest BCUT2D eigenvalue weighted by atomic mass is 10.1. The minimum atomic E-state index is -0.932. The second-order valence-corrected chi connectivity index (χ2v) is 8.89. The van der Waals surface area contributed by atoms with E-state index in [4.69, 9.17) is 4.52 Å². The fourth-order valence-corrected chi connectivity index (χ4v) is 4.59. The smallest absolute Gasteiger partial charge is 0.251 e. The fraction of sp³-hybridized carbons (Fsp3) is 0.400. The quantitative estimate of drug-likeness (QED) is 0.582. The summed E-state index contributed by atoms with van der Waals surface area (Å²) >= 11 is 0. The Balaban J connectivity index is 1.19. The number of aliphatic hydroxyl groups is 2. The summed E-state index contributed by atoms with van der Waals surface area (Å²) in [5.41, 5.74) is 2.59. The van der Waals surface area contributed by atoms with E-state index in [-0.39, 0.29) is 5.91 Å². The Bertz CT molecular complexity index is 1200. The van der Waals surface area contributed by atoms with E-state index < -0.39 is 12.2 Å². The van der Waals surface area contributed by atoms with Crippen LogP contribution in [0.1, 0.15) is 37.0 Å². The van der Waals surface area contributed by atoms with Crippen molar-refractivity contribution in [3.8, 4) is 23.2 Å². The summed E-state index contributed by atoms with van der Waals surface area (Å²) < 4.78 is 7.36. The largest absolute Gasteiger partial charge is 0.385 e. The minimum Gasteiger partial charge on any atom is -0.385 e. The molecule has 1 amide bonds. The maximum atomic E-state index is 11.9. The highest BCUT2D eigenvalue weighted by atomic mass is 16.5. The second kappa shape index (κ2) is 8.50. The molecule has 1 saturated heterocycles. The molecule has 170 valence electrons. The SMILES string of the molecule is CC(O)C(=O)N1CC2C(C#Cc3ccc(-c4cc(Cn5ccnc5[C@H](C)O)no4)cc3)C2C1. The second-order valence-electron chi connectivity index (χ2n) is 8.89. The topological polar surface area (TPSA) is 105 Å². The summed E-state index contributed by atoms with van der Waals surface area (Å²) in [6.07, 6.45) is 1.88. The van der Waals surface area contributed by atoms with E-state index in [9.17, 15) is 15.0 Å². The van der Waals surface area contributed by atoms with E-state index in [2.05, 4.69) is 22.0 Å². The van der Waals surface area contributed by atoms with Gasteiger partial charge in [-0.1, -0.05) is 17.0 Å². The van der Waals surface area contributed by atoms with Gasteiger partial charge in [0.05, 0.1) is 6.54 Å². The molecule has 2 N–H and O–H groups in total. The molecule has 1 aliphatic heterocycles. The maximum absolute atomic E-state index is 11.9. The Morgan fingerprint density at radius 1 is 1.21 bits per heavy atom. The van der Waals surface area contributed by atoms with Crippen molar-refractivity contribution in [3.05, 3.63) is 59.8 Å². The molecule has 3 heterocycles. The van der Waals surface area contributed by atoms with Crippen LogP contribution in [-0.4, -0.2) is 54.9 Å². The number of aliphatic hydroxyl groups excluding tert-OH is 2. The molecule has 1 aromatic carbocycles. The van der Waals surface area contributed by atoms with Gasteiger partial charge < -0.3 is 24.2 Å². The third-order valence-corrected chi connectivity index (χ3v) is 6.43. The molecule has 2 aliphatic rings. The van der Waals surface area contributed by atoms with Crippen LogP contribution in [0.4, 0.5) is 0 Å². The number of benzene rings is 1. The van der Waals surface area contributed by atoms with Gasteiger partial charge in [0.25, 0.3) is 5.91 Å². The molecule has 0 spiro atoms. The van der Waals surface area contributed by atoms with Gasteiger partial charge in [-0.3, -0.25) is 4.79 Å². The first-order chi connectivity index (χ1) is 15.9. The van der Waals surface area contributed by atoms with Crippen molar-refractivity contribution >= 4 is 5.91 Å². The predicted molar refractivity (Wildman–Crippen MR) is 120 cm³/mol. The van der Waals surface area contributed by atoms with Crippen molar-refractivity contribution in [1.82, 2.24) is 19.6 Å². The normalized spacial score (nSPS) is 22.9. The molecule has 8 heteroatoms. The van der Waals surface area contributed by atoms with Crippen LogP contribution in [0.3, 0.4) is 0 Å². The molecule has 33 heavy (non-hydrogen) atoms. The average Bonchev–Trinajstić information content (AvgIpc) is 3.29. The molecule has 3 unspecified atom stereocenters. The predicted octanol–water partition coefficient (Wildman–Crippen LogP) is 2.08. The monoisotopic (exact) mass is 446 g/mol. The summed E-state index contributed by atoms with van der Waals surface area (Å²) in [6.45, 7) is 5.05. The summed E-state index contributed by atoms with van der Waals surface area (Å²) in [7, 11) is 0. The lowest BCUT2D eigenvalue weighted by Crippen LogP contribution is -2.37. The van der Waals surface area contributed by atoms with Crippen LogP contribution in [0.5, 0.6) is 0 Å². The molecule has 0 radical (unpaired) electrons. The van der Waals surface area contributed by atoms with Crippen LogP contribution in [0, 0.1) is 29.6 Å². The van der Waals surface area contributed by atoms with Crippen LogP contribution >= 0.6 is 0 Å². The minimum absolute atomic E-state index is 0.187. The van der Waals surface area contributed by atoms with Crippen molar-refractivity contribution in [1.29, 1.82) is 0 Å². The Kier molecular flexibility index (Phi) is 5.52. The number of aromatic nitrogens is 3. The Morgan fingerprint density at radius 3 is 2.61 bits per heavy atom. The van der Waals surface area contributed by atoms with Crippen LogP contribution in [0.2, 0.25) is 0 Å². The van der Waals surface area contributed by atoms with Gasteiger partial charge in [0.2, 0.25) is 0 Å². The van der Waals surface area contributed by atoms with Crippen molar-refractivity contribution in [2.24, 2.45) is 17.8 Å². The summed E-state index contributed by atoms with van der Waals surface area (Å²) in [6, 6.07) is 9.74. The van der Waals surface area contributed by atoms with Gasteiger partial charge in [0, 0.05) is 48.6 Å². The van der Waals surface area contributed by atoms with E-state index in [0.717, 1.165) is 16.8 Å². The molecule has 1 saturated carbocycles. The Morgan fingerprint density at radius 2 is 1.94 bits per heavy atom. The zero-order chi connectivity index (χ0) is 23.1. The molecule has 2 aromatic heterocycles. The highest BCUT2D eigenvalue weighted by Gasteiger charge is 2.56. The van der Waals surface area contributed by atoms with Crippen LogP contribution in [0.15, 0.2) is 47.2 Å². The number of fused-ring (bicyclic) bond motifs is 1. The van der Waals surface area contributed by atoms with Gasteiger partial charge in [-0.25, -0.2) is 4.98 Å². The number of rotatable bonds is 5. The van der Waals surface area contributed by atoms with Gasteiger partial charge in [-0.15, -0.1) is 0 Å². The molecule has 5 rings (SSSR count). The van der Waals surface area contributed by atoms with Crippen molar-refractivity contribution < 1.29 is 19.5 Å². The number of imidazole rings is 1. The number of nitrogens with zero attached hydrogens (tertiary/aromatic N) is 4. The van der Waals surface area contributed by atoms with Gasteiger partial charge >= 0.3 is 0 Å². The summed E-state index contributed by atoms with van der Waals surface area (Å²) in [5.74, 6) is 8.85. The number of likely N-dealkylation sites (tertiary alicyclic amines) is 1. The Hall–Kier alpha value is -3.41. The lowest BCUT2D eigenvalue weighted by Gasteiger charge is -2.20. The molecule has 3 aromatic rings. The van der Waals surface area contributed by atoms with Crippen LogP contribution < -0.4 is 0 Å². The highest BCUT2D eigenvalue weighted by molar-refractivity contribution is 5.80. The molecular weight excluding hydrogens is 420 g/mol. The molecule has 4 atom stereocenters. The first-order valence-corrected chi connectivity index (χ1v) is 11.1.